The van der Waals surface area contributed by atoms with Crippen molar-refractivity contribution in [1.82, 2.24) is 15.0 Å². The first kappa shape index (κ1) is 20.8. The molecule has 146 valence electrons. The number of nitrogens with one attached hydrogen (secondary N) is 2. The normalized spacial score (nSPS) is 12.1. The molecular weight excluding hydrogens is 489 g/mol. The third-order valence-electron chi connectivity index (χ3n) is 4.16. The lowest BCUT2D eigenvalue weighted by Crippen LogP contribution is -2.30. The van der Waals surface area contributed by atoms with E-state index in [1.807, 2.05) is 56.3 Å². The van der Waals surface area contributed by atoms with Crippen molar-refractivity contribution in [3.8, 4) is 11.4 Å². The molecule has 0 fully saturated rings. The van der Waals surface area contributed by atoms with Gasteiger partial charge in [0, 0.05) is 15.8 Å². The maximum atomic E-state index is 9.65. The van der Waals surface area contributed by atoms with Gasteiger partial charge in [0.15, 0.2) is 0 Å². The Morgan fingerprint density at radius 3 is 2.57 bits per heavy atom. The Labute approximate surface area is 182 Å². The number of anilines is 3. The van der Waals surface area contributed by atoms with Gasteiger partial charge in [0.05, 0.1) is 34.7 Å². The number of halogens is 2. The standard InChI is InChI=1S/C20H21ClIN5O/c1-12(2)18(11-28)26-20-25-17(16-5-3-4-8-23-16)10-19(27-20)24-15-7-6-13(22)9-14(15)21/h3-10,12,18,28H,11H2,1-2H3,(H2,24,25,26,27)/t18-/m1/s1. The van der Waals surface area contributed by atoms with E-state index in [2.05, 4.69) is 48.2 Å². The predicted octanol–water partition coefficient (Wildman–Crippen LogP) is 4.97. The zero-order valence-electron chi connectivity index (χ0n) is 15.5. The molecule has 0 radical (unpaired) electrons. The molecule has 1 atom stereocenters. The smallest absolute Gasteiger partial charge is 0.225 e. The van der Waals surface area contributed by atoms with Gasteiger partial charge in [0.25, 0.3) is 0 Å². The summed E-state index contributed by atoms with van der Waals surface area (Å²) in [6, 6.07) is 13.1. The van der Waals surface area contributed by atoms with Gasteiger partial charge in [-0.2, -0.15) is 4.98 Å². The fraction of sp³-hybridized carbons (Fsp3) is 0.250. The van der Waals surface area contributed by atoms with Crippen LogP contribution in [0.5, 0.6) is 0 Å². The molecule has 3 rings (SSSR count). The molecule has 0 spiro atoms. The summed E-state index contributed by atoms with van der Waals surface area (Å²) in [7, 11) is 0. The Kier molecular flexibility index (Phi) is 7.03. The van der Waals surface area contributed by atoms with Crippen LogP contribution in [0.25, 0.3) is 11.4 Å². The second-order valence-corrected chi connectivity index (χ2v) is 8.26. The second kappa shape index (κ2) is 9.49. The molecule has 6 nitrogen and oxygen atoms in total. The highest BCUT2D eigenvalue weighted by molar-refractivity contribution is 14.1. The van der Waals surface area contributed by atoms with Crippen molar-refractivity contribution in [3.63, 3.8) is 0 Å². The molecule has 2 heterocycles. The summed E-state index contributed by atoms with van der Waals surface area (Å²) < 4.78 is 1.05. The van der Waals surface area contributed by atoms with Crippen molar-refractivity contribution in [2.45, 2.75) is 19.9 Å². The van der Waals surface area contributed by atoms with Gasteiger partial charge >= 0.3 is 0 Å². The summed E-state index contributed by atoms with van der Waals surface area (Å²) in [5, 5.41) is 16.7. The number of hydrogen-bond donors (Lipinski definition) is 3. The molecule has 0 amide bonds. The highest BCUT2D eigenvalue weighted by Gasteiger charge is 2.15. The van der Waals surface area contributed by atoms with Gasteiger partial charge in [-0.15, -0.1) is 0 Å². The quantitative estimate of drug-likeness (QED) is 0.390. The van der Waals surface area contributed by atoms with Crippen LogP contribution in [-0.4, -0.2) is 32.7 Å². The number of hydrogen-bond acceptors (Lipinski definition) is 6. The van der Waals surface area contributed by atoms with Crippen molar-refractivity contribution in [2.24, 2.45) is 5.92 Å². The van der Waals surface area contributed by atoms with E-state index in [1.165, 1.54) is 0 Å². The molecule has 0 aliphatic carbocycles. The number of pyridine rings is 1. The van der Waals surface area contributed by atoms with Crippen LogP contribution in [0.15, 0.2) is 48.7 Å². The molecule has 3 aromatic rings. The Bertz CT molecular complexity index is 939. The topological polar surface area (TPSA) is 83.0 Å². The molecular formula is C20H21ClIN5O. The Hall–Kier alpha value is -1.97. The number of nitrogens with zero attached hydrogens (tertiary/aromatic N) is 3. The van der Waals surface area contributed by atoms with Gasteiger partial charge in [0.1, 0.15) is 5.82 Å². The summed E-state index contributed by atoms with van der Waals surface area (Å²) in [5.41, 5.74) is 2.15. The first-order valence-electron chi connectivity index (χ1n) is 8.86. The van der Waals surface area contributed by atoms with Crippen LogP contribution in [0.3, 0.4) is 0 Å². The van der Waals surface area contributed by atoms with Gasteiger partial charge in [-0.3, -0.25) is 4.98 Å². The first-order chi connectivity index (χ1) is 13.5. The molecule has 28 heavy (non-hydrogen) atoms. The lowest BCUT2D eigenvalue weighted by Gasteiger charge is -2.20. The van der Waals surface area contributed by atoms with E-state index in [1.54, 1.807) is 6.20 Å². The van der Waals surface area contributed by atoms with Gasteiger partial charge in [-0.05, 0) is 58.8 Å². The summed E-state index contributed by atoms with van der Waals surface area (Å²) >= 11 is 8.57. The zero-order chi connectivity index (χ0) is 20.1. The minimum absolute atomic E-state index is 0.0133. The molecule has 3 N–H and O–H groups in total. The van der Waals surface area contributed by atoms with E-state index >= 15 is 0 Å². The van der Waals surface area contributed by atoms with Crippen molar-refractivity contribution < 1.29 is 5.11 Å². The van der Waals surface area contributed by atoms with Gasteiger partial charge in [-0.25, -0.2) is 4.98 Å². The van der Waals surface area contributed by atoms with Crippen LogP contribution in [0.1, 0.15) is 13.8 Å². The highest BCUT2D eigenvalue weighted by Crippen LogP contribution is 2.28. The first-order valence-corrected chi connectivity index (χ1v) is 10.3. The fourth-order valence-corrected chi connectivity index (χ4v) is 3.44. The number of aliphatic hydroxyl groups is 1. The van der Waals surface area contributed by atoms with Crippen molar-refractivity contribution in [2.75, 3.05) is 17.2 Å². The van der Waals surface area contributed by atoms with Crippen LogP contribution < -0.4 is 10.6 Å². The summed E-state index contributed by atoms with van der Waals surface area (Å²) in [6.07, 6.45) is 1.72. The molecule has 0 bridgehead atoms. The number of benzene rings is 1. The van der Waals surface area contributed by atoms with Crippen molar-refractivity contribution in [3.05, 3.63) is 57.3 Å². The lowest BCUT2D eigenvalue weighted by atomic mass is 10.1. The highest BCUT2D eigenvalue weighted by atomic mass is 127. The van der Waals surface area contributed by atoms with E-state index < -0.39 is 0 Å². The van der Waals surface area contributed by atoms with Crippen LogP contribution in [0.4, 0.5) is 17.5 Å². The maximum absolute atomic E-state index is 9.65. The maximum Gasteiger partial charge on any atom is 0.225 e. The van der Waals surface area contributed by atoms with Gasteiger partial charge < -0.3 is 15.7 Å². The van der Waals surface area contributed by atoms with E-state index in [9.17, 15) is 5.11 Å². The summed E-state index contributed by atoms with van der Waals surface area (Å²) in [5.74, 6) is 1.22. The Balaban J connectivity index is 1.99. The van der Waals surface area contributed by atoms with Gasteiger partial charge in [0.2, 0.25) is 5.95 Å². The van der Waals surface area contributed by atoms with Crippen LogP contribution >= 0.6 is 34.2 Å². The molecule has 0 aliphatic rings. The molecule has 0 unspecified atom stereocenters. The molecule has 1 aromatic carbocycles. The Morgan fingerprint density at radius 2 is 1.93 bits per heavy atom. The molecule has 0 saturated carbocycles. The molecule has 2 aromatic heterocycles. The molecule has 0 saturated heterocycles. The SMILES string of the molecule is CC(C)[C@@H](CO)Nc1nc(Nc2ccc(I)cc2Cl)cc(-c2ccccn2)n1. The van der Waals surface area contributed by atoms with Crippen molar-refractivity contribution in [1.29, 1.82) is 0 Å². The average molecular weight is 510 g/mol. The van der Waals surface area contributed by atoms with E-state index in [0.717, 1.165) is 15.0 Å². The van der Waals surface area contributed by atoms with Crippen LogP contribution in [0.2, 0.25) is 5.02 Å². The minimum atomic E-state index is -0.159. The van der Waals surface area contributed by atoms with Crippen LogP contribution in [0, 0.1) is 9.49 Å². The second-order valence-electron chi connectivity index (χ2n) is 6.60. The van der Waals surface area contributed by atoms with E-state index in [4.69, 9.17) is 11.6 Å². The minimum Gasteiger partial charge on any atom is -0.394 e. The zero-order valence-corrected chi connectivity index (χ0v) is 18.4. The Morgan fingerprint density at radius 1 is 1.11 bits per heavy atom. The monoisotopic (exact) mass is 509 g/mol. The third kappa shape index (κ3) is 5.30. The molecule has 8 heteroatoms. The number of aromatic nitrogens is 3. The predicted molar refractivity (Wildman–Crippen MR) is 122 cm³/mol. The summed E-state index contributed by atoms with van der Waals surface area (Å²) in [6.45, 7) is 4.04. The van der Waals surface area contributed by atoms with E-state index in [0.29, 0.717) is 22.5 Å². The largest absolute Gasteiger partial charge is 0.394 e. The average Bonchev–Trinajstić information content (AvgIpc) is 2.68. The lowest BCUT2D eigenvalue weighted by molar-refractivity contribution is 0.248. The van der Waals surface area contributed by atoms with E-state index in [-0.39, 0.29) is 18.6 Å². The fourth-order valence-electron chi connectivity index (χ4n) is 2.54. The summed E-state index contributed by atoms with van der Waals surface area (Å²) in [4.78, 5) is 13.5. The van der Waals surface area contributed by atoms with Gasteiger partial charge in [-0.1, -0.05) is 31.5 Å². The molecule has 0 aliphatic heterocycles. The third-order valence-corrected chi connectivity index (χ3v) is 5.15. The van der Waals surface area contributed by atoms with Crippen LogP contribution in [-0.2, 0) is 0 Å². The number of aliphatic hydroxyl groups excluding tert-OH is 1. The number of rotatable bonds is 7. The van der Waals surface area contributed by atoms with Crippen molar-refractivity contribution >= 4 is 51.6 Å².